The van der Waals surface area contributed by atoms with E-state index in [1.165, 1.54) is 0 Å². The molecule has 6 nitrogen and oxygen atoms in total. The topological polar surface area (TPSA) is 80.5 Å². The van der Waals surface area contributed by atoms with Crippen LogP contribution in [0.15, 0.2) is 34.9 Å². The standard InChI is InChI=1S/C19H21ClN2O4S/c20-14-3-1-13(2-4-14)17-11-21-18(26-17)7-8-19(23)22(15-5-6-15)16-9-10-27(24,25)12-16/h1-4,11,15-16H,5-10,12H2. The van der Waals surface area contributed by atoms with E-state index >= 15 is 0 Å². The number of amides is 1. The van der Waals surface area contributed by atoms with Crippen LogP contribution < -0.4 is 0 Å². The minimum Gasteiger partial charge on any atom is -0.441 e. The highest BCUT2D eigenvalue weighted by atomic mass is 35.5. The van der Waals surface area contributed by atoms with Gasteiger partial charge >= 0.3 is 0 Å². The Bertz CT molecular complexity index is 935. The Morgan fingerprint density at radius 3 is 2.56 bits per heavy atom. The van der Waals surface area contributed by atoms with E-state index in [0.29, 0.717) is 29.5 Å². The number of carbonyl (C=O) groups is 1. The van der Waals surface area contributed by atoms with Crippen LogP contribution in [-0.2, 0) is 21.1 Å². The Balaban J connectivity index is 1.39. The Morgan fingerprint density at radius 1 is 1.19 bits per heavy atom. The molecule has 0 bridgehead atoms. The average Bonchev–Trinajstić information content (AvgIpc) is 3.22. The van der Waals surface area contributed by atoms with Gasteiger partial charge < -0.3 is 9.32 Å². The zero-order valence-corrected chi connectivity index (χ0v) is 16.4. The summed E-state index contributed by atoms with van der Waals surface area (Å²) in [5, 5.41) is 0.651. The summed E-state index contributed by atoms with van der Waals surface area (Å²) in [5.74, 6) is 1.40. The molecular formula is C19H21ClN2O4S. The summed E-state index contributed by atoms with van der Waals surface area (Å²) in [7, 11) is -3.01. The first kappa shape index (κ1) is 18.5. The predicted molar refractivity (Wildman–Crippen MR) is 102 cm³/mol. The van der Waals surface area contributed by atoms with Gasteiger partial charge in [0.1, 0.15) is 0 Å². The van der Waals surface area contributed by atoms with E-state index in [1.54, 1.807) is 18.3 Å². The Hall–Kier alpha value is -1.86. The second-order valence-electron chi connectivity index (χ2n) is 7.21. The van der Waals surface area contributed by atoms with Crippen LogP contribution in [0.5, 0.6) is 0 Å². The molecule has 0 radical (unpaired) electrons. The molecule has 1 aliphatic carbocycles. The second-order valence-corrected chi connectivity index (χ2v) is 9.88. The minimum atomic E-state index is -3.01. The third-order valence-electron chi connectivity index (χ3n) is 5.07. The molecule has 1 aromatic carbocycles. The average molecular weight is 409 g/mol. The van der Waals surface area contributed by atoms with Crippen molar-refractivity contribution in [1.82, 2.24) is 9.88 Å². The van der Waals surface area contributed by atoms with Gasteiger partial charge in [-0.25, -0.2) is 13.4 Å². The van der Waals surface area contributed by atoms with Crippen molar-refractivity contribution in [2.45, 2.75) is 44.2 Å². The molecule has 2 aliphatic rings. The molecule has 1 unspecified atom stereocenters. The molecule has 1 saturated carbocycles. The summed E-state index contributed by atoms with van der Waals surface area (Å²) in [5.41, 5.74) is 0.875. The molecule has 1 aromatic heterocycles. The molecule has 0 N–H and O–H groups in total. The minimum absolute atomic E-state index is 0.00848. The van der Waals surface area contributed by atoms with Crippen molar-refractivity contribution in [3.05, 3.63) is 41.4 Å². The SMILES string of the molecule is O=C(CCc1ncc(-c2ccc(Cl)cc2)o1)N(C1CC1)C1CCS(=O)(=O)C1. The molecule has 8 heteroatoms. The van der Waals surface area contributed by atoms with Gasteiger partial charge in [-0.2, -0.15) is 0 Å². The number of halogens is 1. The molecule has 2 aromatic rings. The van der Waals surface area contributed by atoms with Gasteiger partial charge in [-0.3, -0.25) is 4.79 Å². The van der Waals surface area contributed by atoms with Crippen molar-refractivity contribution in [3.8, 4) is 11.3 Å². The fourth-order valence-corrected chi connectivity index (χ4v) is 5.41. The largest absolute Gasteiger partial charge is 0.441 e. The molecule has 1 saturated heterocycles. The van der Waals surface area contributed by atoms with E-state index < -0.39 is 9.84 Å². The quantitative estimate of drug-likeness (QED) is 0.733. The number of oxazole rings is 1. The second kappa shape index (κ2) is 7.28. The van der Waals surface area contributed by atoms with Gasteiger partial charge in [0.15, 0.2) is 21.5 Å². The molecule has 1 atom stereocenters. The van der Waals surface area contributed by atoms with Crippen LogP contribution in [0.4, 0.5) is 0 Å². The highest BCUT2D eigenvalue weighted by Crippen LogP contribution is 2.33. The number of hydrogen-bond donors (Lipinski definition) is 0. The summed E-state index contributed by atoms with van der Waals surface area (Å²) in [6, 6.07) is 7.30. The monoisotopic (exact) mass is 408 g/mol. The number of nitrogens with zero attached hydrogens (tertiary/aromatic N) is 2. The lowest BCUT2D eigenvalue weighted by atomic mass is 10.2. The first-order valence-corrected chi connectivity index (χ1v) is 11.3. The van der Waals surface area contributed by atoms with Crippen LogP contribution in [0, 0.1) is 0 Å². The molecule has 1 amide bonds. The molecule has 27 heavy (non-hydrogen) atoms. The van der Waals surface area contributed by atoms with Gasteiger partial charge in [0.25, 0.3) is 0 Å². The van der Waals surface area contributed by atoms with Gasteiger partial charge in [0.2, 0.25) is 5.91 Å². The Labute approximate surface area is 163 Å². The number of rotatable bonds is 6. The van der Waals surface area contributed by atoms with Crippen molar-refractivity contribution >= 4 is 27.3 Å². The zero-order chi connectivity index (χ0) is 19.0. The first-order valence-electron chi connectivity index (χ1n) is 9.13. The maximum atomic E-state index is 12.8. The summed E-state index contributed by atoms with van der Waals surface area (Å²) < 4.78 is 29.3. The van der Waals surface area contributed by atoms with Gasteiger partial charge in [0, 0.05) is 35.5 Å². The van der Waals surface area contributed by atoms with Crippen LogP contribution >= 0.6 is 11.6 Å². The number of aryl methyl sites for hydroxylation is 1. The van der Waals surface area contributed by atoms with E-state index in [2.05, 4.69) is 4.98 Å². The molecule has 2 fully saturated rings. The van der Waals surface area contributed by atoms with Crippen molar-refractivity contribution in [2.75, 3.05) is 11.5 Å². The number of benzene rings is 1. The van der Waals surface area contributed by atoms with Gasteiger partial charge in [-0.15, -0.1) is 0 Å². The molecule has 0 spiro atoms. The van der Waals surface area contributed by atoms with Crippen LogP contribution in [0.25, 0.3) is 11.3 Å². The van der Waals surface area contributed by atoms with Crippen molar-refractivity contribution < 1.29 is 17.6 Å². The molecule has 1 aliphatic heterocycles. The lowest BCUT2D eigenvalue weighted by Crippen LogP contribution is -2.42. The van der Waals surface area contributed by atoms with Gasteiger partial charge in [-0.05, 0) is 43.5 Å². The summed E-state index contributed by atoms with van der Waals surface area (Å²) in [6.07, 6.45) is 4.78. The third-order valence-corrected chi connectivity index (χ3v) is 7.07. The highest BCUT2D eigenvalue weighted by molar-refractivity contribution is 7.91. The van der Waals surface area contributed by atoms with Crippen LogP contribution in [0.3, 0.4) is 0 Å². The molecular weight excluding hydrogens is 388 g/mol. The van der Waals surface area contributed by atoms with Crippen molar-refractivity contribution in [3.63, 3.8) is 0 Å². The fourth-order valence-electron chi connectivity index (χ4n) is 3.57. The number of carbonyl (C=O) groups excluding carboxylic acids is 1. The summed E-state index contributed by atoms with van der Waals surface area (Å²) in [6.45, 7) is 0. The lowest BCUT2D eigenvalue weighted by Gasteiger charge is -2.28. The lowest BCUT2D eigenvalue weighted by molar-refractivity contribution is -0.133. The van der Waals surface area contributed by atoms with Crippen molar-refractivity contribution in [1.29, 1.82) is 0 Å². The van der Waals surface area contributed by atoms with Crippen LogP contribution in [0.2, 0.25) is 5.02 Å². The fraction of sp³-hybridized carbons (Fsp3) is 0.474. The number of aromatic nitrogens is 1. The normalized spacial score (nSPS) is 21.3. The molecule has 4 rings (SSSR count). The van der Waals surface area contributed by atoms with Gasteiger partial charge in [-0.1, -0.05) is 11.6 Å². The van der Waals surface area contributed by atoms with Crippen LogP contribution in [0.1, 0.15) is 31.6 Å². The van der Waals surface area contributed by atoms with E-state index in [4.69, 9.17) is 16.0 Å². The zero-order valence-electron chi connectivity index (χ0n) is 14.8. The van der Waals surface area contributed by atoms with E-state index in [9.17, 15) is 13.2 Å². The summed E-state index contributed by atoms with van der Waals surface area (Å²) in [4.78, 5) is 18.8. The first-order chi connectivity index (χ1) is 12.9. The van der Waals surface area contributed by atoms with Crippen molar-refractivity contribution in [2.24, 2.45) is 0 Å². The van der Waals surface area contributed by atoms with E-state index in [-0.39, 0.29) is 35.9 Å². The maximum Gasteiger partial charge on any atom is 0.223 e. The molecule has 144 valence electrons. The third kappa shape index (κ3) is 4.35. The number of sulfone groups is 1. The smallest absolute Gasteiger partial charge is 0.223 e. The summed E-state index contributed by atoms with van der Waals surface area (Å²) >= 11 is 5.89. The van der Waals surface area contributed by atoms with E-state index in [0.717, 1.165) is 18.4 Å². The Morgan fingerprint density at radius 2 is 1.93 bits per heavy atom. The molecule has 2 heterocycles. The maximum absolute atomic E-state index is 12.8. The Kier molecular flexibility index (Phi) is 4.99. The predicted octanol–water partition coefficient (Wildman–Crippen LogP) is 3.11. The number of hydrogen-bond acceptors (Lipinski definition) is 5. The highest BCUT2D eigenvalue weighted by Gasteiger charge is 2.41. The van der Waals surface area contributed by atoms with Gasteiger partial charge in [0.05, 0.1) is 17.7 Å². The van der Waals surface area contributed by atoms with E-state index in [1.807, 2.05) is 17.0 Å². The van der Waals surface area contributed by atoms with Crippen LogP contribution in [-0.4, -0.2) is 47.8 Å².